The van der Waals surface area contributed by atoms with E-state index in [4.69, 9.17) is 24.9 Å². The molecule has 6 heteroatoms. The van der Waals surface area contributed by atoms with Crippen molar-refractivity contribution in [2.75, 3.05) is 0 Å². The molecule has 1 atom stereocenters. The minimum Gasteiger partial charge on any atom is -0.481 e. The van der Waals surface area contributed by atoms with Crippen molar-refractivity contribution in [2.45, 2.75) is 52.4 Å². The highest BCUT2D eigenvalue weighted by molar-refractivity contribution is 6.27. The van der Waals surface area contributed by atoms with Gasteiger partial charge in [0.05, 0.1) is 5.92 Å². The van der Waals surface area contributed by atoms with Crippen LogP contribution in [0.1, 0.15) is 52.4 Å². The average Bonchev–Trinajstić information content (AvgIpc) is 2.28. The molecular weight excluding hydrogens is 240 g/mol. The molecule has 0 aromatic heterocycles. The van der Waals surface area contributed by atoms with E-state index < -0.39 is 17.9 Å². The van der Waals surface area contributed by atoms with E-state index in [1.54, 1.807) is 0 Å². The van der Waals surface area contributed by atoms with Crippen LogP contribution in [0.15, 0.2) is 0 Å². The van der Waals surface area contributed by atoms with Gasteiger partial charge in [0, 0.05) is 0 Å². The van der Waals surface area contributed by atoms with E-state index in [0.29, 0.717) is 0 Å². The van der Waals surface area contributed by atoms with Gasteiger partial charge >= 0.3 is 17.9 Å². The predicted molar refractivity (Wildman–Crippen MR) is 65.4 cm³/mol. The second kappa shape index (κ2) is 11.9. The number of rotatable bonds is 7. The minimum absolute atomic E-state index is 0.0958. The highest BCUT2D eigenvalue weighted by Gasteiger charge is 2.14. The first-order valence-electron chi connectivity index (χ1n) is 6.05. The van der Waals surface area contributed by atoms with Crippen LogP contribution in [0.25, 0.3) is 0 Å². The number of aliphatic carboxylic acids is 3. The Morgan fingerprint density at radius 1 is 0.833 bits per heavy atom. The number of carboxylic acids is 3. The van der Waals surface area contributed by atoms with Crippen molar-refractivity contribution >= 4 is 17.9 Å². The molecular formula is C12H22O6. The SMILES string of the molecule is CCCCCC(CCC)C(=O)O.O=C(O)C(=O)O. The Bertz CT molecular complexity index is 249. The van der Waals surface area contributed by atoms with Crippen LogP contribution in [0.3, 0.4) is 0 Å². The van der Waals surface area contributed by atoms with E-state index in [2.05, 4.69) is 6.92 Å². The summed E-state index contributed by atoms with van der Waals surface area (Å²) in [6.45, 7) is 4.17. The van der Waals surface area contributed by atoms with Crippen LogP contribution in [0.4, 0.5) is 0 Å². The average molecular weight is 262 g/mol. The molecule has 0 aromatic carbocycles. The smallest absolute Gasteiger partial charge is 0.414 e. The van der Waals surface area contributed by atoms with Crippen LogP contribution in [0, 0.1) is 5.92 Å². The maximum absolute atomic E-state index is 10.7. The molecule has 0 aromatic rings. The van der Waals surface area contributed by atoms with Gasteiger partial charge in [0.2, 0.25) is 0 Å². The van der Waals surface area contributed by atoms with Crippen molar-refractivity contribution < 1.29 is 29.7 Å². The predicted octanol–water partition coefficient (Wildman–Crippen LogP) is 2.22. The summed E-state index contributed by atoms with van der Waals surface area (Å²) in [6, 6.07) is 0. The molecule has 0 saturated heterocycles. The van der Waals surface area contributed by atoms with Gasteiger partial charge in [-0.3, -0.25) is 4.79 Å². The third-order valence-corrected chi connectivity index (χ3v) is 2.33. The monoisotopic (exact) mass is 262 g/mol. The zero-order valence-corrected chi connectivity index (χ0v) is 10.9. The molecule has 0 spiro atoms. The van der Waals surface area contributed by atoms with Gasteiger partial charge in [-0.15, -0.1) is 0 Å². The lowest BCUT2D eigenvalue weighted by Gasteiger charge is -2.09. The van der Waals surface area contributed by atoms with E-state index in [1.807, 2.05) is 6.92 Å². The van der Waals surface area contributed by atoms with E-state index in [-0.39, 0.29) is 5.92 Å². The van der Waals surface area contributed by atoms with Gasteiger partial charge in [0.1, 0.15) is 0 Å². The van der Waals surface area contributed by atoms with Crippen LogP contribution in [-0.2, 0) is 14.4 Å². The summed E-state index contributed by atoms with van der Waals surface area (Å²) >= 11 is 0. The molecule has 18 heavy (non-hydrogen) atoms. The normalized spacial score (nSPS) is 11.0. The van der Waals surface area contributed by atoms with Gasteiger partial charge in [0.25, 0.3) is 0 Å². The van der Waals surface area contributed by atoms with Gasteiger partial charge in [-0.05, 0) is 12.8 Å². The number of unbranched alkanes of at least 4 members (excludes halogenated alkanes) is 2. The third-order valence-electron chi connectivity index (χ3n) is 2.33. The molecule has 0 heterocycles. The van der Waals surface area contributed by atoms with Gasteiger partial charge in [-0.2, -0.15) is 0 Å². The largest absolute Gasteiger partial charge is 0.481 e. The number of hydrogen-bond acceptors (Lipinski definition) is 3. The van der Waals surface area contributed by atoms with E-state index in [9.17, 15) is 4.79 Å². The van der Waals surface area contributed by atoms with E-state index in [0.717, 1.165) is 32.1 Å². The zero-order chi connectivity index (χ0) is 14.6. The second-order valence-corrected chi connectivity index (χ2v) is 3.93. The van der Waals surface area contributed by atoms with Crippen LogP contribution < -0.4 is 0 Å². The molecule has 0 fully saturated rings. The number of hydrogen-bond donors (Lipinski definition) is 3. The quantitative estimate of drug-likeness (QED) is 0.479. The van der Waals surface area contributed by atoms with Crippen LogP contribution >= 0.6 is 0 Å². The molecule has 0 aliphatic rings. The molecule has 106 valence electrons. The van der Waals surface area contributed by atoms with Crippen LogP contribution in [-0.4, -0.2) is 33.2 Å². The fraction of sp³-hybridized carbons (Fsp3) is 0.750. The summed E-state index contributed by atoms with van der Waals surface area (Å²) in [5.41, 5.74) is 0. The lowest BCUT2D eigenvalue weighted by molar-refractivity contribution is -0.159. The van der Waals surface area contributed by atoms with Gasteiger partial charge in [-0.25, -0.2) is 9.59 Å². The number of carbonyl (C=O) groups is 3. The Morgan fingerprint density at radius 2 is 1.33 bits per heavy atom. The van der Waals surface area contributed by atoms with E-state index in [1.165, 1.54) is 6.42 Å². The van der Waals surface area contributed by atoms with Crippen LogP contribution in [0.5, 0.6) is 0 Å². The molecule has 0 amide bonds. The molecule has 0 bridgehead atoms. The summed E-state index contributed by atoms with van der Waals surface area (Å²) in [5, 5.41) is 23.6. The summed E-state index contributed by atoms with van der Waals surface area (Å²) < 4.78 is 0. The van der Waals surface area contributed by atoms with Gasteiger partial charge < -0.3 is 15.3 Å². The second-order valence-electron chi connectivity index (χ2n) is 3.93. The fourth-order valence-electron chi connectivity index (χ4n) is 1.38. The Morgan fingerprint density at radius 3 is 1.61 bits per heavy atom. The minimum atomic E-state index is -1.82. The fourth-order valence-corrected chi connectivity index (χ4v) is 1.38. The van der Waals surface area contributed by atoms with E-state index >= 15 is 0 Å². The van der Waals surface area contributed by atoms with Crippen molar-refractivity contribution in [1.29, 1.82) is 0 Å². The first-order chi connectivity index (χ1) is 8.36. The maximum atomic E-state index is 10.7. The highest BCUT2D eigenvalue weighted by atomic mass is 16.4. The summed E-state index contributed by atoms with van der Waals surface area (Å²) in [6.07, 6.45) is 6.05. The van der Waals surface area contributed by atoms with Crippen molar-refractivity contribution in [3.63, 3.8) is 0 Å². The lowest BCUT2D eigenvalue weighted by atomic mass is 9.97. The number of carboxylic acid groups (broad SMARTS) is 3. The Labute approximate surface area is 107 Å². The highest BCUT2D eigenvalue weighted by Crippen LogP contribution is 2.15. The first-order valence-corrected chi connectivity index (χ1v) is 6.05. The standard InChI is InChI=1S/C10H20O2.C2H2O4/c1-3-5-6-8-9(7-4-2)10(11)12;3-1(4)2(5)6/h9H,3-8H2,1-2H3,(H,11,12);(H,3,4)(H,5,6). The molecule has 0 aliphatic carbocycles. The summed E-state index contributed by atoms with van der Waals surface area (Å²) in [5.74, 6) is -4.36. The molecule has 6 nitrogen and oxygen atoms in total. The van der Waals surface area contributed by atoms with Crippen LogP contribution in [0.2, 0.25) is 0 Å². The third kappa shape index (κ3) is 12.5. The zero-order valence-electron chi connectivity index (χ0n) is 10.9. The maximum Gasteiger partial charge on any atom is 0.414 e. The Hall–Kier alpha value is -1.59. The molecule has 1 unspecified atom stereocenters. The van der Waals surface area contributed by atoms with Crippen molar-refractivity contribution in [2.24, 2.45) is 5.92 Å². The summed E-state index contributed by atoms with van der Waals surface area (Å²) in [4.78, 5) is 28.9. The van der Waals surface area contributed by atoms with Crippen molar-refractivity contribution in [3.05, 3.63) is 0 Å². The Kier molecular flexibility index (Phi) is 12.4. The molecule has 0 aliphatic heterocycles. The topological polar surface area (TPSA) is 112 Å². The van der Waals surface area contributed by atoms with Gasteiger partial charge in [0.15, 0.2) is 0 Å². The lowest BCUT2D eigenvalue weighted by Crippen LogP contribution is -2.13. The Balaban J connectivity index is 0. The first kappa shape index (κ1) is 18.8. The van der Waals surface area contributed by atoms with Crippen molar-refractivity contribution in [3.8, 4) is 0 Å². The molecule has 0 saturated carbocycles. The summed E-state index contributed by atoms with van der Waals surface area (Å²) in [7, 11) is 0. The van der Waals surface area contributed by atoms with Crippen molar-refractivity contribution in [1.82, 2.24) is 0 Å². The van der Waals surface area contributed by atoms with Gasteiger partial charge in [-0.1, -0.05) is 39.5 Å². The molecule has 0 rings (SSSR count). The molecule has 3 N–H and O–H groups in total. The molecule has 0 radical (unpaired) electrons.